The predicted octanol–water partition coefficient (Wildman–Crippen LogP) is 2.68. The molecule has 0 spiro atoms. The quantitative estimate of drug-likeness (QED) is 0.808. The summed E-state index contributed by atoms with van der Waals surface area (Å²) in [7, 11) is 0. The first-order valence-electron chi connectivity index (χ1n) is 8.99. The maximum atomic E-state index is 11.9. The second kappa shape index (κ2) is 12.6. The van der Waals surface area contributed by atoms with E-state index in [0.717, 1.165) is 12.3 Å². The van der Waals surface area contributed by atoms with Gasteiger partial charge in [0.25, 0.3) is 0 Å². The van der Waals surface area contributed by atoms with Crippen LogP contribution in [0.2, 0.25) is 0 Å². The minimum atomic E-state index is -0.657. The summed E-state index contributed by atoms with van der Waals surface area (Å²) < 4.78 is 5.01. The number of alkyl carbamates (subject to hydrolysis) is 1. The van der Waals surface area contributed by atoms with Crippen LogP contribution in [0.5, 0.6) is 0 Å². The lowest BCUT2D eigenvalue weighted by molar-refractivity contribution is -0.136. The van der Waals surface area contributed by atoms with Crippen LogP contribution in [-0.4, -0.2) is 47.5 Å². The van der Waals surface area contributed by atoms with Gasteiger partial charge in [-0.25, -0.2) is 4.79 Å². The number of amides is 3. The van der Waals surface area contributed by atoms with Gasteiger partial charge in [-0.05, 0) is 39.5 Å². The number of ether oxygens (including phenoxy) is 1. The Kier molecular flexibility index (Phi) is 12.8. The molecule has 1 saturated heterocycles. The lowest BCUT2D eigenvalue weighted by Gasteiger charge is -2.23. The van der Waals surface area contributed by atoms with E-state index >= 15 is 0 Å². The van der Waals surface area contributed by atoms with Crippen molar-refractivity contribution >= 4 is 17.9 Å². The van der Waals surface area contributed by atoms with E-state index in [2.05, 4.69) is 26.1 Å². The lowest BCUT2D eigenvalue weighted by atomic mass is 10.2. The monoisotopic (exact) mass is 359 g/mol. The van der Waals surface area contributed by atoms with Gasteiger partial charge in [0, 0.05) is 6.54 Å². The molecular formula is C18H37N3O4. The number of hydrogen-bond acceptors (Lipinski definition) is 4. The van der Waals surface area contributed by atoms with Crippen LogP contribution >= 0.6 is 0 Å². The molecule has 7 heteroatoms. The molecule has 0 aromatic rings. The van der Waals surface area contributed by atoms with Gasteiger partial charge < -0.3 is 20.7 Å². The Morgan fingerprint density at radius 1 is 1.20 bits per heavy atom. The van der Waals surface area contributed by atoms with Crippen molar-refractivity contribution < 1.29 is 19.1 Å². The van der Waals surface area contributed by atoms with Gasteiger partial charge >= 0.3 is 6.09 Å². The van der Waals surface area contributed by atoms with E-state index in [1.807, 2.05) is 13.8 Å². The second-order valence-corrected chi connectivity index (χ2v) is 7.24. The van der Waals surface area contributed by atoms with Crippen molar-refractivity contribution in [1.82, 2.24) is 10.2 Å². The van der Waals surface area contributed by atoms with Crippen LogP contribution in [-0.2, 0) is 14.3 Å². The fraction of sp³-hybridized carbons (Fsp3) is 0.833. The molecule has 0 saturated carbocycles. The van der Waals surface area contributed by atoms with Crippen LogP contribution in [0.4, 0.5) is 4.79 Å². The zero-order valence-corrected chi connectivity index (χ0v) is 17.1. The lowest BCUT2D eigenvalue weighted by Crippen LogP contribution is -2.48. The zero-order chi connectivity index (χ0) is 20.2. The summed E-state index contributed by atoms with van der Waals surface area (Å²) in [6, 6.07) is -0.562. The molecule has 1 unspecified atom stereocenters. The van der Waals surface area contributed by atoms with Gasteiger partial charge in [-0.1, -0.05) is 34.6 Å². The summed E-state index contributed by atoms with van der Waals surface area (Å²) in [6.45, 7) is 16.0. The molecule has 0 aromatic heterocycles. The third-order valence-corrected chi connectivity index (χ3v) is 2.68. The SMILES string of the molecule is CC.CC(C)(C)OC(=O)NCC(=O)N1CCCC1C(N)=O.CC(C)C. The molecule has 0 aromatic carbocycles. The zero-order valence-electron chi connectivity index (χ0n) is 17.1. The van der Waals surface area contributed by atoms with Crippen molar-refractivity contribution in [3.8, 4) is 0 Å². The van der Waals surface area contributed by atoms with Crippen molar-refractivity contribution in [2.75, 3.05) is 13.1 Å². The Morgan fingerprint density at radius 3 is 2.08 bits per heavy atom. The smallest absolute Gasteiger partial charge is 0.408 e. The number of nitrogens with two attached hydrogens (primary N) is 1. The van der Waals surface area contributed by atoms with Gasteiger partial charge in [0.05, 0.1) is 0 Å². The molecule has 0 aliphatic carbocycles. The van der Waals surface area contributed by atoms with Gasteiger partial charge in [-0.2, -0.15) is 0 Å². The fourth-order valence-electron chi connectivity index (χ4n) is 1.92. The molecular weight excluding hydrogens is 322 g/mol. The highest BCUT2D eigenvalue weighted by molar-refractivity contribution is 5.89. The molecule has 1 heterocycles. The standard InChI is InChI=1S/C12H21N3O4.C4H10.C2H6/c1-12(2,3)19-11(18)14-7-9(16)15-6-4-5-8(15)10(13)17;1-4(2)3;1-2/h8H,4-7H2,1-3H3,(H2,13,17)(H,14,18);4H,1-3H3;1-2H3. The normalized spacial score (nSPS) is 16.2. The first-order chi connectivity index (χ1) is 11.4. The maximum Gasteiger partial charge on any atom is 0.408 e. The summed E-state index contributed by atoms with van der Waals surface area (Å²) >= 11 is 0. The number of nitrogens with zero attached hydrogens (tertiary/aromatic N) is 1. The third kappa shape index (κ3) is 13.2. The number of primary amides is 1. The summed E-state index contributed by atoms with van der Waals surface area (Å²) in [5.74, 6) is -0.00437. The highest BCUT2D eigenvalue weighted by atomic mass is 16.6. The van der Waals surface area contributed by atoms with E-state index in [1.54, 1.807) is 20.8 Å². The van der Waals surface area contributed by atoms with Gasteiger partial charge in [0.2, 0.25) is 11.8 Å². The predicted molar refractivity (Wildman–Crippen MR) is 100 cm³/mol. The van der Waals surface area contributed by atoms with Crippen molar-refractivity contribution in [3.05, 3.63) is 0 Å². The van der Waals surface area contributed by atoms with Crippen LogP contribution < -0.4 is 11.1 Å². The average Bonchev–Trinajstić information content (AvgIpc) is 2.94. The second-order valence-electron chi connectivity index (χ2n) is 7.24. The van der Waals surface area contributed by atoms with Crippen molar-refractivity contribution in [2.24, 2.45) is 11.7 Å². The summed E-state index contributed by atoms with van der Waals surface area (Å²) in [5, 5.41) is 2.37. The van der Waals surface area contributed by atoms with Crippen molar-refractivity contribution in [1.29, 1.82) is 0 Å². The summed E-state index contributed by atoms with van der Waals surface area (Å²) in [6.07, 6.45) is 0.662. The Balaban J connectivity index is 0. The number of rotatable bonds is 3. The topological polar surface area (TPSA) is 102 Å². The van der Waals surface area contributed by atoms with E-state index in [-0.39, 0.29) is 12.5 Å². The highest BCUT2D eigenvalue weighted by Gasteiger charge is 2.32. The van der Waals surface area contributed by atoms with Crippen LogP contribution in [0.3, 0.4) is 0 Å². The highest BCUT2D eigenvalue weighted by Crippen LogP contribution is 2.16. The minimum absolute atomic E-state index is 0.196. The van der Waals surface area contributed by atoms with Crippen LogP contribution in [0.1, 0.15) is 68.2 Å². The minimum Gasteiger partial charge on any atom is -0.444 e. The molecule has 3 amide bonds. The average molecular weight is 360 g/mol. The molecule has 148 valence electrons. The van der Waals surface area contributed by atoms with Crippen LogP contribution in [0, 0.1) is 5.92 Å². The van der Waals surface area contributed by atoms with E-state index in [0.29, 0.717) is 13.0 Å². The first kappa shape index (κ1) is 25.5. The van der Waals surface area contributed by atoms with Gasteiger partial charge in [-0.3, -0.25) is 9.59 Å². The third-order valence-electron chi connectivity index (χ3n) is 2.68. The number of nitrogens with one attached hydrogen (secondary N) is 1. The Morgan fingerprint density at radius 2 is 1.68 bits per heavy atom. The van der Waals surface area contributed by atoms with Crippen LogP contribution in [0.25, 0.3) is 0 Å². The molecule has 1 fully saturated rings. The number of hydrogen-bond donors (Lipinski definition) is 2. The molecule has 3 N–H and O–H groups in total. The fourth-order valence-corrected chi connectivity index (χ4v) is 1.92. The van der Waals surface area contributed by atoms with Crippen molar-refractivity contribution in [2.45, 2.75) is 79.9 Å². The molecule has 1 aliphatic heterocycles. The van der Waals surface area contributed by atoms with E-state index in [1.165, 1.54) is 4.90 Å². The number of carbonyl (C=O) groups excluding carboxylic acids is 3. The first-order valence-corrected chi connectivity index (χ1v) is 8.99. The maximum absolute atomic E-state index is 11.9. The Labute approximate surface area is 152 Å². The Bertz CT molecular complexity index is 414. The van der Waals surface area contributed by atoms with Crippen molar-refractivity contribution in [3.63, 3.8) is 0 Å². The molecule has 1 atom stereocenters. The molecule has 7 nitrogen and oxygen atoms in total. The Hall–Kier alpha value is -1.79. The van der Waals surface area contributed by atoms with Gasteiger partial charge in [0.15, 0.2) is 0 Å². The number of likely N-dealkylation sites (tertiary alicyclic amines) is 1. The number of carbonyl (C=O) groups is 3. The molecule has 25 heavy (non-hydrogen) atoms. The molecule has 0 radical (unpaired) electrons. The molecule has 0 bridgehead atoms. The summed E-state index contributed by atoms with van der Waals surface area (Å²) in [5.41, 5.74) is 4.61. The molecule has 1 aliphatic rings. The van der Waals surface area contributed by atoms with E-state index in [4.69, 9.17) is 10.5 Å². The largest absolute Gasteiger partial charge is 0.444 e. The van der Waals surface area contributed by atoms with Gasteiger partial charge in [0.1, 0.15) is 18.2 Å². The van der Waals surface area contributed by atoms with Gasteiger partial charge in [-0.15, -0.1) is 0 Å². The van der Waals surface area contributed by atoms with Crippen LogP contribution in [0.15, 0.2) is 0 Å². The van der Waals surface area contributed by atoms with E-state index in [9.17, 15) is 14.4 Å². The van der Waals surface area contributed by atoms with E-state index < -0.39 is 23.6 Å². The molecule has 1 rings (SSSR count). The summed E-state index contributed by atoms with van der Waals surface area (Å²) in [4.78, 5) is 35.8.